The Labute approximate surface area is 260 Å². The Balaban J connectivity index is 1.70. The van der Waals surface area contributed by atoms with E-state index in [2.05, 4.69) is 38.5 Å². The molecule has 0 bridgehead atoms. The Bertz CT molecular complexity index is 1450. The number of amides is 1. The summed E-state index contributed by atoms with van der Waals surface area (Å²) >= 11 is 11.3. The fourth-order valence-electron chi connectivity index (χ4n) is 3.95. The number of benzene rings is 3. The number of hydrogen-bond donors (Lipinski definition) is 0. The molecule has 0 aliphatic carbocycles. The smallest absolute Gasteiger partial charge is 0.325 e. The summed E-state index contributed by atoms with van der Waals surface area (Å²) < 4.78 is 23.9. The number of rotatable bonds is 10. The number of esters is 1. The molecule has 1 heterocycles. The second-order valence-electron chi connectivity index (χ2n) is 8.49. The van der Waals surface area contributed by atoms with Crippen LogP contribution < -0.4 is 19.1 Å². The highest BCUT2D eigenvalue weighted by molar-refractivity contribution is 14.1. The predicted octanol–water partition coefficient (Wildman–Crippen LogP) is 6.19. The highest BCUT2D eigenvalue weighted by Crippen LogP contribution is 2.37. The molecule has 8 nitrogen and oxygen atoms in total. The third-order valence-corrected chi connectivity index (χ3v) is 7.65. The van der Waals surface area contributed by atoms with E-state index in [0.717, 1.165) is 13.6 Å². The van der Waals surface area contributed by atoms with Crippen LogP contribution in [0.25, 0.3) is 6.08 Å². The van der Waals surface area contributed by atoms with Crippen LogP contribution in [0.2, 0.25) is 0 Å². The Morgan fingerprint density at radius 2 is 1.75 bits per heavy atom. The van der Waals surface area contributed by atoms with Crippen LogP contribution in [0.5, 0.6) is 17.2 Å². The molecule has 1 amide bonds. The van der Waals surface area contributed by atoms with Crippen molar-refractivity contribution in [1.82, 2.24) is 4.90 Å². The van der Waals surface area contributed by atoms with E-state index in [9.17, 15) is 9.59 Å². The third kappa shape index (κ3) is 6.76. The Morgan fingerprint density at radius 3 is 2.38 bits per heavy atom. The summed E-state index contributed by atoms with van der Waals surface area (Å²) in [5, 5.41) is 0.168. The van der Waals surface area contributed by atoms with Gasteiger partial charge in [-0.25, -0.2) is 0 Å². The first-order valence-electron chi connectivity index (χ1n) is 12.2. The lowest BCUT2D eigenvalue weighted by Gasteiger charge is -2.19. The van der Waals surface area contributed by atoms with E-state index in [1.807, 2.05) is 37.3 Å². The van der Waals surface area contributed by atoms with Gasteiger partial charge in [0.05, 0.1) is 30.1 Å². The van der Waals surface area contributed by atoms with Gasteiger partial charge in [-0.1, -0.05) is 28.1 Å². The van der Waals surface area contributed by atoms with Crippen LogP contribution in [0.4, 0.5) is 5.69 Å². The highest BCUT2D eigenvalue weighted by atomic mass is 127. The van der Waals surface area contributed by atoms with Gasteiger partial charge in [0.25, 0.3) is 5.91 Å². The first-order valence-corrected chi connectivity index (χ1v) is 14.5. The number of thiocarbonyl (C=S) groups is 1. The fourth-order valence-corrected chi connectivity index (χ4v) is 5.35. The van der Waals surface area contributed by atoms with Crippen LogP contribution in [0.15, 0.2) is 70.8 Å². The van der Waals surface area contributed by atoms with Crippen LogP contribution in [-0.2, 0) is 20.9 Å². The Hall–Kier alpha value is -3.16. The maximum Gasteiger partial charge on any atom is 0.325 e. The normalized spacial score (nSPS) is 14.1. The van der Waals surface area contributed by atoms with Crippen molar-refractivity contribution in [3.05, 3.63) is 85.5 Å². The van der Waals surface area contributed by atoms with E-state index in [1.54, 1.807) is 43.5 Å². The summed E-state index contributed by atoms with van der Waals surface area (Å²) in [6.07, 6.45) is 1.68. The maximum absolute atomic E-state index is 13.7. The van der Waals surface area contributed by atoms with Gasteiger partial charge in [0, 0.05) is 4.47 Å². The third-order valence-electron chi connectivity index (χ3n) is 5.91. The molecule has 0 radical (unpaired) electrons. The zero-order valence-corrected chi connectivity index (χ0v) is 26.5. The molecule has 4 rings (SSSR count). The molecule has 0 spiro atoms. The van der Waals surface area contributed by atoms with Crippen molar-refractivity contribution in [2.75, 3.05) is 32.3 Å². The summed E-state index contributed by atoms with van der Waals surface area (Å²) in [5.74, 6) is 0.885. The molecular weight excluding hydrogens is 711 g/mol. The minimum atomic E-state index is -0.529. The van der Waals surface area contributed by atoms with Crippen molar-refractivity contribution in [1.29, 1.82) is 0 Å². The number of carbonyl (C=O) groups is 2. The molecule has 0 saturated carbocycles. The van der Waals surface area contributed by atoms with Crippen molar-refractivity contribution in [2.45, 2.75) is 13.5 Å². The minimum Gasteiger partial charge on any atom is -0.497 e. The first kappa shape index (κ1) is 29.8. The fraction of sp³-hybridized carbons (Fsp3) is 0.207. The molecule has 208 valence electrons. The van der Waals surface area contributed by atoms with Gasteiger partial charge in [-0.2, -0.15) is 0 Å². The lowest BCUT2D eigenvalue weighted by molar-refractivity contribution is -0.140. The topological polar surface area (TPSA) is 77.5 Å². The van der Waals surface area contributed by atoms with E-state index < -0.39 is 5.97 Å². The van der Waals surface area contributed by atoms with Crippen molar-refractivity contribution < 1.29 is 28.5 Å². The van der Waals surface area contributed by atoms with E-state index >= 15 is 0 Å². The summed E-state index contributed by atoms with van der Waals surface area (Å²) in [6, 6.07) is 18.5. The monoisotopic (exact) mass is 736 g/mol. The molecule has 0 atom stereocenters. The molecule has 0 aromatic heterocycles. The van der Waals surface area contributed by atoms with Gasteiger partial charge < -0.3 is 23.8 Å². The number of ether oxygens (including phenoxy) is 4. The van der Waals surface area contributed by atoms with Gasteiger partial charge in [-0.15, -0.1) is 0 Å². The lowest BCUT2D eigenvalue weighted by Crippen LogP contribution is -2.35. The second-order valence-corrected chi connectivity index (χ2v) is 10.9. The van der Waals surface area contributed by atoms with Crippen LogP contribution >= 0.6 is 50.7 Å². The van der Waals surface area contributed by atoms with Crippen molar-refractivity contribution in [2.24, 2.45) is 0 Å². The molecular formula is C29H26BrIN2O6S. The van der Waals surface area contributed by atoms with Crippen LogP contribution in [0.1, 0.15) is 18.1 Å². The molecule has 11 heteroatoms. The molecule has 0 N–H and O–H groups in total. The maximum atomic E-state index is 13.7. The van der Waals surface area contributed by atoms with E-state index in [1.165, 1.54) is 16.9 Å². The summed E-state index contributed by atoms with van der Waals surface area (Å²) in [7, 11) is 2.85. The molecule has 1 saturated heterocycles. The number of methoxy groups -OCH3 is 2. The average Bonchev–Trinajstić information content (AvgIpc) is 3.17. The van der Waals surface area contributed by atoms with Crippen molar-refractivity contribution >= 4 is 79.5 Å². The molecule has 40 heavy (non-hydrogen) atoms. The van der Waals surface area contributed by atoms with Crippen molar-refractivity contribution in [3.63, 3.8) is 0 Å². The molecule has 3 aromatic carbocycles. The largest absolute Gasteiger partial charge is 0.497 e. The molecule has 1 aliphatic heterocycles. The minimum absolute atomic E-state index is 0.168. The summed E-state index contributed by atoms with van der Waals surface area (Å²) in [4.78, 5) is 28.8. The Kier molecular flexibility index (Phi) is 10.0. The first-order chi connectivity index (χ1) is 19.2. The van der Waals surface area contributed by atoms with E-state index in [4.69, 9.17) is 31.2 Å². The molecule has 3 aromatic rings. The van der Waals surface area contributed by atoms with Gasteiger partial charge in [0.15, 0.2) is 16.6 Å². The van der Waals surface area contributed by atoms with Gasteiger partial charge in [0.1, 0.15) is 24.6 Å². The van der Waals surface area contributed by atoms with Gasteiger partial charge >= 0.3 is 5.97 Å². The zero-order chi connectivity index (χ0) is 28.8. The van der Waals surface area contributed by atoms with Crippen molar-refractivity contribution in [3.8, 4) is 17.2 Å². The number of anilines is 1. The molecule has 1 fully saturated rings. The van der Waals surface area contributed by atoms with Crippen LogP contribution in [0, 0.1) is 3.57 Å². The quantitative estimate of drug-likeness (QED) is 0.106. The van der Waals surface area contributed by atoms with Gasteiger partial charge in [-0.05, 0) is 107 Å². The predicted molar refractivity (Wildman–Crippen MR) is 169 cm³/mol. The average molecular weight is 737 g/mol. The van der Waals surface area contributed by atoms with Gasteiger partial charge in [0.2, 0.25) is 0 Å². The number of hydrogen-bond acceptors (Lipinski definition) is 7. The standard InChI is InChI=1S/C29H26BrIN2O6S/c1-4-38-25-15-19(13-23(31)27(25)39-17-18-5-7-20(30)8-6-18)14-24-28(35)33(21-9-11-22(36-2)12-10-21)29(40)32(24)16-26(34)37-3/h5-15H,4,16-17H2,1-3H3/b24-14-. The molecule has 1 aliphatic rings. The number of halogens is 2. The highest BCUT2D eigenvalue weighted by Gasteiger charge is 2.40. The zero-order valence-electron chi connectivity index (χ0n) is 22.0. The number of nitrogens with zero attached hydrogens (tertiary/aromatic N) is 2. The lowest BCUT2D eigenvalue weighted by atomic mass is 10.1. The van der Waals surface area contributed by atoms with Gasteiger partial charge in [-0.3, -0.25) is 14.5 Å². The Morgan fingerprint density at radius 1 is 1.05 bits per heavy atom. The summed E-state index contributed by atoms with van der Waals surface area (Å²) in [5.41, 5.74) is 2.47. The number of carbonyl (C=O) groups excluding carboxylic acids is 2. The molecule has 0 unspecified atom stereocenters. The van der Waals surface area contributed by atoms with E-state index in [-0.39, 0.29) is 23.3 Å². The van der Waals surface area contributed by atoms with Crippen LogP contribution in [-0.4, -0.2) is 49.3 Å². The van der Waals surface area contributed by atoms with E-state index in [0.29, 0.717) is 41.7 Å². The summed E-state index contributed by atoms with van der Waals surface area (Å²) in [6.45, 7) is 2.46. The van der Waals surface area contributed by atoms with Crippen LogP contribution in [0.3, 0.4) is 0 Å². The second kappa shape index (κ2) is 13.5. The SMILES string of the molecule is CCOc1cc(/C=C2/C(=O)N(c3ccc(OC)cc3)C(=S)N2CC(=O)OC)cc(I)c1OCc1ccc(Br)cc1.